The predicted octanol–water partition coefficient (Wildman–Crippen LogP) is 4.36. The highest BCUT2D eigenvalue weighted by atomic mass is 19.1. The number of benzene rings is 1. The molecule has 32 heavy (non-hydrogen) atoms. The Morgan fingerprint density at radius 3 is 2.53 bits per heavy atom. The Morgan fingerprint density at radius 1 is 1.12 bits per heavy atom. The average Bonchev–Trinajstić information content (AvgIpc) is 3.54. The molecule has 1 fully saturated rings. The summed E-state index contributed by atoms with van der Waals surface area (Å²) in [6.45, 7) is 2.33. The summed E-state index contributed by atoms with van der Waals surface area (Å²) in [7, 11) is 0. The fraction of sp³-hybridized carbons (Fsp3) is 0.360. The summed E-state index contributed by atoms with van der Waals surface area (Å²) >= 11 is 0. The first-order valence-corrected chi connectivity index (χ1v) is 11.1. The Bertz CT molecular complexity index is 1130. The van der Waals surface area contributed by atoms with E-state index in [2.05, 4.69) is 5.32 Å². The number of carbonyl (C=O) groups excluding carboxylic acids is 2. The molecule has 0 bridgehead atoms. The van der Waals surface area contributed by atoms with E-state index in [9.17, 15) is 14.0 Å². The molecule has 1 N–H and O–H groups in total. The molecule has 7 heteroatoms. The number of furan rings is 1. The number of halogens is 1. The van der Waals surface area contributed by atoms with Crippen molar-refractivity contribution in [3.63, 3.8) is 0 Å². The van der Waals surface area contributed by atoms with Crippen LogP contribution in [-0.2, 0) is 17.9 Å². The maximum Gasteiger partial charge on any atom is 0.271 e. The topological polar surface area (TPSA) is 67.5 Å². The monoisotopic (exact) mass is 435 g/mol. The largest absolute Gasteiger partial charge is 0.463 e. The van der Waals surface area contributed by atoms with Crippen LogP contribution in [0, 0.1) is 5.82 Å². The molecule has 6 nitrogen and oxygen atoms in total. The lowest BCUT2D eigenvalue weighted by Crippen LogP contribution is -2.64. The van der Waals surface area contributed by atoms with Crippen LogP contribution in [0.1, 0.15) is 48.7 Å². The minimum absolute atomic E-state index is 0.137. The molecule has 166 valence electrons. The number of nitrogens with one attached hydrogen (secondary N) is 1. The first kappa shape index (κ1) is 20.5. The van der Waals surface area contributed by atoms with Crippen LogP contribution in [0.25, 0.3) is 11.5 Å². The van der Waals surface area contributed by atoms with Crippen molar-refractivity contribution in [1.29, 1.82) is 0 Å². The van der Waals surface area contributed by atoms with Crippen molar-refractivity contribution in [3.05, 3.63) is 71.9 Å². The van der Waals surface area contributed by atoms with E-state index in [1.807, 2.05) is 23.6 Å². The minimum Gasteiger partial charge on any atom is -0.463 e. The average molecular weight is 435 g/mol. The maximum absolute atomic E-state index is 13.6. The van der Waals surface area contributed by atoms with Gasteiger partial charge in [-0.2, -0.15) is 0 Å². The Balaban J connectivity index is 1.54. The molecule has 2 amide bonds. The lowest BCUT2D eigenvalue weighted by Gasteiger charge is -2.44. The molecular formula is C25H26FN3O3. The number of rotatable bonds is 5. The van der Waals surface area contributed by atoms with Gasteiger partial charge >= 0.3 is 0 Å². The van der Waals surface area contributed by atoms with Crippen molar-refractivity contribution in [2.75, 3.05) is 0 Å². The van der Waals surface area contributed by atoms with Crippen molar-refractivity contribution in [1.82, 2.24) is 14.8 Å². The van der Waals surface area contributed by atoms with Gasteiger partial charge in [-0.25, -0.2) is 4.39 Å². The van der Waals surface area contributed by atoms with E-state index < -0.39 is 5.54 Å². The van der Waals surface area contributed by atoms with E-state index in [0.717, 1.165) is 36.9 Å². The molecule has 3 aromatic rings. The summed E-state index contributed by atoms with van der Waals surface area (Å²) < 4.78 is 20.9. The fourth-order valence-electron chi connectivity index (χ4n) is 4.84. The highest BCUT2D eigenvalue weighted by Gasteiger charge is 2.48. The van der Waals surface area contributed by atoms with Crippen molar-refractivity contribution in [2.45, 2.75) is 57.3 Å². The van der Waals surface area contributed by atoms with Gasteiger partial charge < -0.3 is 19.2 Å². The van der Waals surface area contributed by atoms with Gasteiger partial charge in [-0.1, -0.05) is 25.0 Å². The third kappa shape index (κ3) is 3.51. The molecule has 5 rings (SSSR count). The predicted molar refractivity (Wildman–Crippen MR) is 117 cm³/mol. The summed E-state index contributed by atoms with van der Waals surface area (Å²) in [4.78, 5) is 28.9. The molecule has 1 aliphatic heterocycles. The molecule has 3 heterocycles. The SMILES string of the molecule is C[C@]1(C(=O)NC2CCCC2)Cn2c(ccc2-c2ccco2)C(=O)N1Cc1ccc(F)cc1. The summed E-state index contributed by atoms with van der Waals surface area (Å²) in [5.41, 5.74) is 0.928. The van der Waals surface area contributed by atoms with Crippen molar-refractivity contribution >= 4 is 11.8 Å². The van der Waals surface area contributed by atoms with Crippen molar-refractivity contribution < 1.29 is 18.4 Å². The quantitative estimate of drug-likeness (QED) is 0.648. The van der Waals surface area contributed by atoms with Crippen LogP contribution in [-0.4, -0.2) is 32.9 Å². The third-order valence-corrected chi connectivity index (χ3v) is 6.71. The van der Waals surface area contributed by atoms with E-state index in [0.29, 0.717) is 18.0 Å². The van der Waals surface area contributed by atoms with Gasteiger partial charge in [-0.3, -0.25) is 9.59 Å². The molecular weight excluding hydrogens is 409 g/mol. The normalized spacial score (nSPS) is 21.1. The van der Waals surface area contributed by atoms with Gasteiger partial charge in [0.2, 0.25) is 5.91 Å². The Hall–Kier alpha value is -3.35. The van der Waals surface area contributed by atoms with E-state index in [4.69, 9.17) is 4.42 Å². The van der Waals surface area contributed by atoms with Crippen LogP contribution >= 0.6 is 0 Å². The molecule has 0 spiro atoms. The fourth-order valence-corrected chi connectivity index (χ4v) is 4.84. The Morgan fingerprint density at radius 2 is 1.84 bits per heavy atom. The highest BCUT2D eigenvalue weighted by Crippen LogP contribution is 2.34. The summed E-state index contributed by atoms with van der Waals surface area (Å²) in [5.74, 6) is -0.0842. The van der Waals surface area contributed by atoms with E-state index in [-0.39, 0.29) is 30.2 Å². The standard InChI is InChI=1S/C25H26FN3O3/c1-25(24(31)27-19-5-2-3-6-19)16-28-20(22-7-4-14-32-22)12-13-21(28)23(30)29(25)15-17-8-10-18(26)11-9-17/h4,7-14,19H,2-3,5-6,15-16H2,1H3,(H,27,31)/t25-/m1/s1. The smallest absolute Gasteiger partial charge is 0.271 e. The molecule has 1 saturated carbocycles. The summed E-state index contributed by atoms with van der Waals surface area (Å²) in [6.07, 6.45) is 5.71. The van der Waals surface area contributed by atoms with Crippen LogP contribution in [0.15, 0.2) is 59.2 Å². The molecule has 2 aliphatic rings. The molecule has 0 radical (unpaired) electrons. The summed E-state index contributed by atoms with van der Waals surface area (Å²) in [6, 6.07) is 13.4. The van der Waals surface area contributed by atoms with Crippen molar-refractivity contribution in [3.8, 4) is 11.5 Å². The minimum atomic E-state index is -1.11. The Kier molecular flexibility index (Phi) is 5.12. The molecule has 1 aliphatic carbocycles. The zero-order chi connectivity index (χ0) is 22.3. The lowest BCUT2D eigenvalue weighted by atomic mass is 9.93. The van der Waals surface area contributed by atoms with Crippen LogP contribution in [0.2, 0.25) is 0 Å². The van der Waals surface area contributed by atoms with Gasteiger partial charge in [0.25, 0.3) is 5.91 Å². The highest BCUT2D eigenvalue weighted by molar-refractivity contribution is 6.00. The van der Waals surface area contributed by atoms with Crippen LogP contribution in [0.5, 0.6) is 0 Å². The number of amides is 2. The summed E-state index contributed by atoms with van der Waals surface area (Å²) in [5, 5.41) is 3.18. The van der Waals surface area contributed by atoms with Crippen LogP contribution in [0.3, 0.4) is 0 Å². The van der Waals surface area contributed by atoms with Gasteiger partial charge in [-0.15, -0.1) is 0 Å². The number of fused-ring (bicyclic) bond motifs is 1. The van der Waals surface area contributed by atoms with Gasteiger partial charge in [0.15, 0.2) is 0 Å². The van der Waals surface area contributed by atoms with E-state index in [1.165, 1.54) is 12.1 Å². The van der Waals surface area contributed by atoms with Gasteiger partial charge in [0.05, 0.1) is 18.5 Å². The second-order valence-corrected chi connectivity index (χ2v) is 8.91. The van der Waals surface area contributed by atoms with Gasteiger partial charge in [0, 0.05) is 12.6 Å². The van der Waals surface area contributed by atoms with Gasteiger partial charge in [0.1, 0.15) is 22.8 Å². The maximum atomic E-state index is 13.6. The van der Waals surface area contributed by atoms with Crippen LogP contribution < -0.4 is 5.32 Å². The third-order valence-electron chi connectivity index (χ3n) is 6.71. The van der Waals surface area contributed by atoms with Gasteiger partial charge in [-0.05, 0) is 61.7 Å². The molecule has 2 aromatic heterocycles. The first-order chi connectivity index (χ1) is 15.5. The molecule has 1 aromatic carbocycles. The van der Waals surface area contributed by atoms with Crippen molar-refractivity contribution in [2.24, 2.45) is 0 Å². The molecule has 0 unspecified atom stereocenters. The van der Waals surface area contributed by atoms with E-state index >= 15 is 0 Å². The number of hydrogen-bond acceptors (Lipinski definition) is 3. The zero-order valence-corrected chi connectivity index (χ0v) is 18.0. The number of aromatic nitrogens is 1. The van der Waals surface area contributed by atoms with E-state index in [1.54, 1.807) is 35.4 Å². The first-order valence-electron chi connectivity index (χ1n) is 11.1. The lowest BCUT2D eigenvalue weighted by molar-refractivity contribution is -0.133. The number of nitrogens with zero attached hydrogens (tertiary/aromatic N) is 2. The second-order valence-electron chi connectivity index (χ2n) is 8.91. The number of carbonyl (C=O) groups is 2. The zero-order valence-electron chi connectivity index (χ0n) is 18.0. The Labute approximate surface area is 186 Å². The van der Waals surface area contributed by atoms with Crippen LogP contribution in [0.4, 0.5) is 4.39 Å². The number of hydrogen-bond donors (Lipinski definition) is 1. The second kappa shape index (κ2) is 7.97. The molecule has 1 atom stereocenters. The molecule has 0 saturated heterocycles.